The zero-order valence-corrected chi connectivity index (χ0v) is 14.5. The summed E-state index contributed by atoms with van der Waals surface area (Å²) >= 11 is 0. The minimum atomic E-state index is -0.853. The lowest BCUT2D eigenvalue weighted by Gasteiger charge is -2.43. The van der Waals surface area contributed by atoms with E-state index < -0.39 is 6.17 Å². The standard InChI is InChI=1S/C19H22F2N4O/c20-16-3-1-14(2-4-16)18-5-8-22-13-25(18)24-9-6-15(7-10-24)19(26)23-11-17(21)12-23/h1-5,8,15,17H,6-7,9-13H2. The summed E-state index contributed by atoms with van der Waals surface area (Å²) in [4.78, 5) is 18.3. The smallest absolute Gasteiger partial charge is 0.225 e. The predicted octanol–water partition coefficient (Wildman–Crippen LogP) is 2.32. The summed E-state index contributed by atoms with van der Waals surface area (Å²) in [5.41, 5.74) is 1.91. The number of rotatable bonds is 3. The molecule has 0 saturated carbocycles. The van der Waals surface area contributed by atoms with Gasteiger partial charge in [-0.25, -0.2) is 13.8 Å². The van der Waals surface area contributed by atoms with Gasteiger partial charge in [0.05, 0.1) is 18.8 Å². The van der Waals surface area contributed by atoms with Crippen molar-refractivity contribution in [2.24, 2.45) is 10.9 Å². The lowest BCUT2D eigenvalue weighted by atomic mass is 9.94. The highest BCUT2D eigenvalue weighted by Gasteiger charge is 2.36. The molecule has 3 heterocycles. The molecule has 4 rings (SSSR count). The van der Waals surface area contributed by atoms with Gasteiger partial charge in [0.15, 0.2) is 0 Å². The number of aliphatic imine (C=N–C) groups is 1. The van der Waals surface area contributed by atoms with Crippen LogP contribution in [0.5, 0.6) is 0 Å². The highest BCUT2D eigenvalue weighted by atomic mass is 19.1. The van der Waals surface area contributed by atoms with Gasteiger partial charge in [-0.1, -0.05) is 0 Å². The van der Waals surface area contributed by atoms with Crippen molar-refractivity contribution >= 4 is 17.8 Å². The Hall–Kier alpha value is -2.28. The number of alkyl halides is 1. The number of halogens is 2. The monoisotopic (exact) mass is 360 g/mol. The van der Waals surface area contributed by atoms with Crippen LogP contribution in [0.4, 0.5) is 8.78 Å². The maximum Gasteiger partial charge on any atom is 0.225 e. The Morgan fingerprint density at radius 1 is 1.12 bits per heavy atom. The number of nitrogens with zero attached hydrogens (tertiary/aromatic N) is 4. The number of likely N-dealkylation sites (tertiary alicyclic amines) is 1. The van der Waals surface area contributed by atoms with Gasteiger partial charge in [-0.3, -0.25) is 14.8 Å². The van der Waals surface area contributed by atoms with E-state index in [0.29, 0.717) is 6.67 Å². The fraction of sp³-hybridized carbons (Fsp3) is 0.474. The summed E-state index contributed by atoms with van der Waals surface area (Å²) < 4.78 is 26.2. The van der Waals surface area contributed by atoms with E-state index in [1.807, 2.05) is 6.08 Å². The van der Waals surface area contributed by atoms with Gasteiger partial charge in [0.1, 0.15) is 18.7 Å². The maximum absolute atomic E-state index is 13.2. The van der Waals surface area contributed by atoms with Gasteiger partial charge in [-0.05, 0) is 48.7 Å². The fourth-order valence-electron chi connectivity index (χ4n) is 3.73. The molecule has 0 aromatic heterocycles. The second-order valence-electron chi connectivity index (χ2n) is 7.00. The molecule has 2 saturated heterocycles. The first-order chi connectivity index (χ1) is 12.6. The Morgan fingerprint density at radius 3 is 2.46 bits per heavy atom. The van der Waals surface area contributed by atoms with Gasteiger partial charge in [0, 0.05) is 25.2 Å². The zero-order valence-electron chi connectivity index (χ0n) is 14.5. The summed E-state index contributed by atoms with van der Waals surface area (Å²) in [7, 11) is 0. The number of amides is 1. The molecule has 1 aromatic rings. The summed E-state index contributed by atoms with van der Waals surface area (Å²) in [6.07, 6.45) is 4.35. The number of hydrazine groups is 1. The van der Waals surface area contributed by atoms with Gasteiger partial charge < -0.3 is 4.90 Å². The average molecular weight is 360 g/mol. The second kappa shape index (κ2) is 7.15. The molecular formula is C19H22F2N4O. The Kier molecular flexibility index (Phi) is 4.72. The quantitative estimate of drug-likeness (QED) is 0.831. The molecule has 0 atom stereocenters. The van der Waals surface area contributed by atoms with E-state index in [4.69, 9.17) is 0 Å². The highest BCUT2D eigenvalue weighted by molar-refractivity contribution is 5.85. The van der Waals surface area contributed by atoms with Crippen molar-refractivity contribution in [2.45, 2.75) is 19.0 Å². The summed E-state index contributed by atoms with van der Waals surface area (Å²) in [5.74, 6) is -0.193. The number of carbonyl (C=O) groups is 1. The van der Waals surface area contributed by atoms with E-state index in [2.05, 4.69) is 15.0 Å². The molecular weight excluding hydrogens is 338 g/mol. The van der Waals surface area contributed by atoms with Crippen LogP contribution < -0.4 is 0 Å². The SMILES string of the molecule is O=C(C1CCN(N2CN=CC=C2c2ccc(F)cc2)CC1)N1CC(F)C1. The minimum absolute atomic E-state index is 0.0229. The van der Waals surface area contributed by atoms with Crippen LogP contribution in [0.25, 0.3) is 5.70 Å². The first kappa shape index (κ1) is 17.1. The van der Waals surface area contributed by atoms with Crippen LogP contribution in [0, 0.1) is 11.7 Å². The Labute approximate surface area is 151 Å². The molecule has 0 spiro atoms. The van der Waals surface area contributed by atoms with E-state index in [1.54, 1.807) is 23.2 Å². The molecule has 0 radical (unpaired) electrons. The van der Waals surface area contributed by atoms with Gasteiger partial charge >= 0.3 is 0 Å². The molecule has 0 unspecified atom stereocenters. The van der Waals surface area contributed by atoms with Crippen molar-refractivity contribution in [2.75, 3.05) is 32.8 Å². The first-order valence-corrected chi connectivity index (χ1v) is 9.03. The van der Waals surface area contributed by atoms with Crippen molar-refractivity contribution in [3.05, 3.63) is 41.7 Å². The van der Waals surface area contributed by atoms with Crippen LogP contribution in [0.15, 0.2) is 35.3 Å². The number of hydrogen-bond acceptors (Lipinski definition) is 4. The van der Waals surface area contributed by atoms with Gasteiger partial charge in [0.25, 0.3) is 0 Å². The van der Waals surface area contributed by atoms with Crippen LogP contribution >= 0.6 is 0 Å². The van der Waals surface area contributed by atoms with Crippen LogP contribution in [0.2, 0.25) is 0 Å². The third kappa shape index (κ3) is 3.35. The van der Waals surface area contributed by atoms with Crippen LogP contribution in [-0.2, 0) is 4.79 Å². The van der Waals surface area contributed by atoms with Crippen molar-refractivity contribution in [1.82, 2.24) is 14.9 Å². The van der Waals surface area contributed by atoms with Crippen molar-refractivity contribution in [3.63, 3.8) is 0 Å². The van der Waals surface area contributed by atoms with Crippen molar-refractivity contribution in [1.29, 1.82) is 0 Å². The highest BCUT2D eigenvalue weighted by Crippen LogP contribution is 2.28. The van der Waals surface area contributed by atoms with Crippen LogP contribution in [-0.4, -0.2) is 66.1 Å². The predicted molar refractivity (Wildman–Crippen MR) is 95.3 cm³/mol. The molecule has 3 aliphatic heterocycles. The molecule has 0 N–H and O–H groups in total. The zero-order chi connectivity index (χ0) is 18.1. The number of hydrogen-bond donors (Lipinski definition) is 0. The number of allylic oxidation sites excluding steroid dienone is 1. The lowest BCUT2D eigenvalue weighted by Crippen LogP contribution is -2.55. The normalized spacial score (nSPS) is 22.3. The Morgan fingerprint density at radius 2 is 1.81 bits per heavy atom. The number of piperidine rings is 1. The number of carbonyl (C=O) groups excluding carboxylic acids is 1. The topological polar surface area (TPSA) is 39.2 Å². The third-order valence-electron chi connectivity index (χ3n) is 5.28. The summed E-state index contributed by atoms with van der Waals surface area (Å²) in [6, 6.07) is 6.44. The van der Waals surface area contributed by atoms with E-state index in [9.17, 15) is 13.6 Å². The lowest BCUT2D eigenvalue weighted by molar-refractivity contribution is -0.145. The molecule has 0 bridgehead atoms. The molecule has 1 amide bonds. The average Bonchev–Trinajstić information content (AvgIpc) is 2.66. The van der Waals surface area contributed by atoms with Gasteiger partial charge in [-0.15, -0.1) is 0 Å². The van der Waals surface area contributed by atoms with Gasteiger partial charge in [-0.2, -0.15) is 0 Å². The second-order valence-corrected chi connectivity index (χ2v) is 7.00. The molecule has 26 heavy (non-hydrogen) atoms. The summed E-state index contributed by atoms with van der Waals surface area (Å²) in [5, 5.41) is 4.29. The molecule has 2 fully saturated rings. The molecule has 1 aromatic carbocycles. The fourth-order valence-corrected chi connectivity index (χ4v) is 3.73. The maximum atomic E-state index is 13.2. The molecule has 0 aliphatic carbocycles. The van der Waals surface area contributed by atoms with E-state index in [0.717, 1.165) is 37.2 Å². The summed E-state index contributed by atoms with van der Waals surface area (Å²) in [6.45, 7) is 2.50. The number of benzene rings is 1. The molecule has 7 heteroatoms. The third-order valence-corrected chi connectivity index (χ3v) is 5.28. The molecule has 138 valence electrons. The minimum Gasteiger partial charge on any atom is -0.336 e. The molecule has 5 nitrogen and oxygen atoms in total. The van der Waals surface area contributed by atoms with Crippen molar-refractivity contribution in [3.8, 4) is 0 Å². The van der Waals surface area contributed by atoms with Crippen LogP contribution in [0.1, 0.15) is 18.4 Å². The molecule has 3 aliphatic rings. The van der Waals surface area contributed by atoms with Gasteiger partial charge in [0.2, 0.25) is 5.91 Å². The van der Waals surface area contributed by atoms with Crippen LogP contribution in [0.3, 0.4) is 0 Å². The van der Waals surface area contributed by atoms with Crippen molar-refractivity contribution < 1.29 is 13.6 Å². The van der Waals surface area contributed by atoms with E-state index in [-0.39, 0.29) is 30.7 Å². The van der Waals surface area contributed by atoms with E-state index in [1.165, 1.54) is 12.1 Å². The van der Waals surface area contributed by atoms with E-state index >= 15 is 0 Å². The largest absolute Gasteiger partial charge is 0.336 e. The Bertz CT molecular complexity index is 720. The Balaban J connectivity index is 1.40. The first-order valence-electron chi connectivity index (χ1n) is 9.03.